The van der Waals surface area contributed by atoms with Crippen LogP contribution >= 0.6 is 11.6 Å². The minimum Gasteiger partial charge on any atom is -0.497 e. The van der Waals surface area contributed by atoms with Gasteiger partial charge in [-0.2, -0.15) is 5.10 Å². The number of rotatable bonds is 6. The SMILES string of the molecule is COc1cccc(-c2c(NC(=O)c3ccc([N+](=O)[O-])cc3)n(-c3cccc(Cl)c3)nc(C)c2=O)c1. The lowest BCUT2D eigenvalue weighted by atomic mass is 10.0. The maximum absolute atomic E-state index is 13.3. The van der Waals surface area contributed by atoms with Crippen molar-refractivity contribution in [2.75, 3.05) is 12.4 Å². The Morgan fingerprint density at radius 1 is 1.09 bits per heavy atom. The largest absolute Gasteiger partial charge is 0.497 e. The predicted octanol–water partition coefficient (Wildman–Crippen LogP) is 5.03. The van der Waals surface area contributed by atoms with E-state index >= 15 is 0 Å². The molecule has 0 saturated heterocycles. The number of hydrogen-bond acceptors (Lipinski definition) is 6. The Kier molecular flexibility index (Phi) is 6.61. The molecule has 9 nitrogen and oxygen atoms in total. The van der Waals surface area contributed by atoms with Gasteiger partial charge in [0.05, 0.1) is 23.3 Å². The van der Waals surface area contributed by atoms with Crippen LogP contribution in [0.2, 0.25) is 5.02 Å². The second-order valence-electron chi connectivity index (χ2n) is 7.52. The summed E-state index contributed by atoms with van der Waals surface area (Å²) in [5.41, 5.74) is 1.07. The number of non-ortho nitro benzene ring substituents is 1. The smallest absolute Gasteiger partial charge is 0.269 e. The summed E-state index contributed by atoms with van der Waals surface area (Å²) in [6.07, 6.45) is 0. The number of methoxy groups -OCH3 is 1. The topological polar surface area (TPSA) is 116 Å². The van der Waals surface area contributed by atoms with Gasteiger partial charge in [0, 0.05) is 22.7 Å². The average Bonchev–Trinajstić information content (AvgIpc) is 2.86. The van der Waals surface area contributed by atoms with Crippen molar-refractivity contribution in [2.45, 2.75) is 6.92 Å². The van der Waals surface area contributed by atoms with Gasteiger partial charge in [-0.3, -0.25) is 19.7 Å². The van der Waals surface area contributed by atoms with Crippen LogP contribution in [0.5, 0.6) is 5.75 Å². The number of nitrogens with zero attached hydrogens (tertiary/aromatic N) is 3. The summed E-state index contributed by atoms with van der Waals surface area (Å²) in [6.45, 7) is 1.58. The number of ether oxygens (including phenoxy) is 1. The van der Waals surface area contributed by atoms with E-state index in [0.29, 0.717) is 22.0 Å². The van der Waals surface area contributed by atoms with Crippen molar-refractivity contribution >= 4 is 29.0 Å². The second kappa shape index (κ2) is 9.78. The quantitative estimate of drug-likeness (QED) is 0.299. The van der Waals surface area contributed by atoms with Crippen molar-refractivity contribution in [2.24, 2.45) is 0 Å². The molecule has 35 heavy (non-hydrogen) atoms. The first-order valence-electron chi connectivity index (χ1n) is 10.4. The molecule has 3 aromatic carbocycles. The molecule has 1 heterocycles. The summed E-state index contributed by atoms with van der Waals surface area (Å²) in [7, 11) is 1.51. The molecule has 0 atom stereocenters. The summed E-state index contributed by atoms with van der Waals surface area (Å²) in [4.78, 5) is 36.9. The molecule has 176 valence electrons. The number of nitro benzene ring substituents is 1. The highest BCUT2D eigenvalue weighted by atomic mass is 35.5. The molecule has 0 spiro atoms. The number of halogens is 1. The normalized spacial score (nSPS) is 10.6. The van der Waals surface area contributed by atoms with Crippen LogP contribution in [-0.4, -0.2) is 27.7 Å². The van der Waals surface area contributed by atoms with Crippen LogP contribution in [0.15, 0.2) is 77.6 Å². The van der Waals surface area contributed by atoms with Gasteiger partial charge in [0.15, 0.2) is 0 Å². The molecule has 0 radical (unpaired) electrons. The van der Waals surface area contributed by atoms with Crippen LogP contribution < -0.4 is 15.5 Å². The number of benzene rings is 3. The number of anilines is 1. The molecule has 0 aliphatic heterocycles. The van der Waals surface area contributed by atoms with Gasteiger partial charge in [-0.25, -0.2) is 4.68 Å². The third-order valence-electron chi connectivity index (χ3n) is 5.24. The van der Waals surface area contributed by atoms with Gasteiger partial charge < -0.3 is 10.1 Å². The second-order valence-corrected chi connectivity index (χ2v) is 7.96. The summed E-state index contributed by atoms with van der Waals surface area (Å²) in [5.74, 6) is 0.0580. The lowest BCUT2D eigenvalue weighted by Gasteiger charge is -2.19. The van der Waals surface area contributed by atoms with Gasteiger partial charge in [0.1, 0.15) is 17.3 Å². The third kappa shape index (κ3) is 4.90. The Morgan fingerprint density at radius 2 is 1.80 bits per heavy atom. The third-order valence-corrected chi connectivity index (χ3v) is 5.47. The van der Waals surface area contributed by atoms with Crippen molar-refractivity contribution < 1.29 is 14.5 Å². The van der Waals surface area contributed by atoms with Crippen molar-refractivity contribution in [1.29, 1.82) is 0 Å². The maximum atomic E-state index is 13.3. The fraction of sp³-hybridized carbons (Fsp3) is 0.0800. The zero-order chi connectivity index (χ0) is 25.1. The summed E-state index contributed by atoms with van der Waals surface area (Å²) in [6, 6.07) is 18.8. The van der Waals surface area contributed by atoms with Gasteiger partial charge in [-0.05, 0) is 55.0 Å². The molecule has 0 unspecified atom stereocenters. The van der Waals surface area contributed by atoms with E-state index in [1.165, 1.54) is 36.1 Å². The number of aromatic nitrogens is 2. The Bertz CT molecular complexity index is 1500. The minimum atomic E-state index is -0.579. The lowest BCUT2D eigenvalue weighted by Crippen LogP contribution is -2.25. The van der Waals surface area contributed by atoms with Gasteiger partial charge in [0.25, 0.3) is 11.6 Å². The standard InChI is InChI=1S/C25H19ClN4O5/c1-15-23(31)22(17-5-3-8-21(13-17)35-2)24(29(28-15)20-7-4-6-18(26)14-20)27-25(32)16-9-11-19(12-10-16)30(33)34/h3-14H,1-2H3,(H,27,32). The molecule has 0 aliphatic carbocycles. The first-order valence-corrected chi connectivity index (χ1v) is 10.8. The molecule has 10 heteroatoms. The van der Waals surface area contributed by atoms with Gasteiger partial charge in [0.2, 0.25) is 5.43 Å². The lowest BCUT2D eigenvalue weighted by molar-refractivity contribution is -0.384. The number of hydrogen-bond donors (Lipinski definition) is 1. The van der Waals surface area contributed by atoms with Crippen LogP contribution in [0.4, 0.5) is 11.5 Å². The molecule has 4 aromatic rings. The molecule has 0 saturated carbocycles. The Labute approximate surface area is 204 Å². The summed E-state index contributed by atoms with van der Waals surface area (Å²) in [5, 5.41) is 18.6. The van der Waals surface area contributed by atoms with Crippen molar-refractivity contribution in [3.8, 4) is 22.6 Å². The van der Waals surface area contributed by atoms with Crippen molar-refractivity contribution in [3.05, 3.63) is 109 Å². The molecular weight excluding hydrogens is 472 g/mol. The molecule has 4 rings (SSSR count). The number of carbonyl (C=O) groups is 1. The van der Waals surface area contributed by atoms with E-state index in [1.54, 1.807) is 55.5 Å². The highest BCUT2D eigenvalue weighted by Gasteiger charge is 2.22. The van der Waals surface area contributed by atoms with Crippen LogP contribution in [0, 0.1) is 17.0 Å². The minimum absolute atomic E-state index is 0.111. The molecule has 0 aliphatic rings. The maximum Gasteiger partial charge on any atom is 0.269 e. The van der Waals surface area contributed by atoms with Gasteiger partial charge in [-0.1, -0.05) is 29.8 Å². The van der Waals surface area contributed by atoms with E-state index in [1.807, 2.05) is 0 Å². The molecular formula is C25H19ClN4O5. The molecule has 1 aromatic heterocycles. The van der Waals surface area contributed by atoms with Crippen molar-refractivity contribution in [1.82, 2.24) is 9.78 Å². The Hall–Kier alpha value is -4.50. The zero-order valence-electron chi connectivity index (χ0n) is 18.7. The van der Waals surface area contributed by atoms with Crippen LogP contribution in [0.1, 0.15) is 16.1 Å². The Morgan fingerprint density at radius 3 is 2.46 bits per heavy atom. The molecule has 1 amide bonds. The molecule has 1 N–H and O–H groups in total. The van der Waals surface area contributed by atoms with Crippen LogP contribution in [0.25, 0.3) is 16.8 Å². The monoisotopic (exact) mass is 490 g/mol. The first-order chi connectivity index (χ1) is 16.8. The fourth-order valence-electron chi connectivity index (χ4n) is 3.51. The van der Waals surface area contributed by atoms with E-state index in [2.05, 4.69) is 10.4 Å². The molecule has 0 fully saturated rings. The summed E-state index contributed by atoms with van der Waals surface area (Å²) >= 11 is 6.19. The zero-order valence-corrected chi connectivity index (χ0v) is 19.4. The number of amides is 1. The number of aryl methyl sites for hydroxylation is 1. The van der Waals surface area contributed by atoms with E-state index in [4.69, 9.17) is 16.3 Å². The van der Waals surface area contributed by atoms with E-state index < -0.39 is 10.8 Å². The number of nitrogens with one attached hydrogen (secondary N) is 1. The van der Waals surface area contributed by atoms with E-state index in [-0.39, 0.29) is 33.8 Å². The van der Waals surface area contributed by atoms with Crippen LogP contribution in [0.3, 0.4) is 0 Å². The number of carbonyl (C=O) groups excluding carboxylic acids is 1. The highest BCUT2D eigenvalue weighted by Crippen LogP contribution is 2.30. The number of nitro groups is 1. The molecule has 0 bridgehead atoms. The van der Waals surface area contributed by atoms with Gasteiger partial charge >= 0.3 is 0 Å². The van der Waals surface area contributed by atoms with Crippen LogP contribution in [-0.2, 0) is 0 Å². The predicted molar refractivity (Wildman–Crippen MR) is 133 cm³/mol. The van der Waals surface area contributed by atoms with Crippen molar-refractivity contribution in [3.63, 3.8) is 0 Å². The highest BCUT2D eigenvalue weighted by molar-refractivity contribution is 6.30. The Balaban J connectivity index is 1.93. The van der Waals surface area contributed by atoms with E-state index in [0.717, 1.165) is 0 Å². The summed E-state index contributed by atoms with van der Waals surface area (Å²) < 4.78 is 6.74. The first kappa shape index (κ1) is 23.7. The average molecular weight is 491 g/mol. The fourth-order valence-corrected chi connectivity index (χ4v) is 3.70. The van der Waals surface area contributed by atoms with Gasteiger partial charge in [-0.15, -0.1) is 0 Å². The van der Waals surface area contributed by atoms with E-state index in [9.17, 15) is 19.7 Å².